The second-order valence-corrected chi connectivity index (χ2v) is 10.9. The van der Waals surface area contributed by atoms with Crippen LogP contribution < -0.4 is 15.9 Å². The van der Waals surface area contributed by atoms with Crippen LogP contribution in [-0.4, -0.2) is 54.6 Å². The Hall–Kier alpha value is -5.25. The maximum atomic E-state index is 12.9. The molecular formula is C33H32N8O2. The number of carbonyl (C=O) groups excluding carboxylic acids is 1. The van der Waals surface area contributed by atoms with Crippen molar-refractivity contribution in [2.24, 2.45) is 0 Å². The predicted octanol–water partition coefficient (Wildman–Crippen LogP) is 4.80. The lowest BCUT2D eigenvalue weighted by Crippen LogP contribution is -2.37. The van der Waals surface area contributed by atoms with Gasteiger partial charge in [0.15, 0.2) is 5.82 Å². The maximum Gasteiger partial charge on any atom is 0.326 e. The number of nitrogens with zero attached hydrogens (tertiary/aromatic N) is 6. The molecule has 0 aliphatic carbocycles. The summed E-state index contributed by atoms with van der Waals surface area (Å²) in [5.41, 5.74) is 5.47. The fourth-order valence-electron chi connectivity index (χ4n) is 5.95. The lowest BCUT2D eigenvalue weighted by Gasteiger charge is -2.34. The van der Waals surface area contributed by atoms with E-state index in [0.717, 1.165) is 72.5 Å². The van der Waals surface area contributed by atoms with Crippen molar-refractivity contribution >= 4 is 33.8 Å². The van der Waals surface area contributed by atoms with Crippen molar-refractivity contribution in [2.45, 2.75) is 31.8 Å². The Morgan fingerprint density at radius 1 is 0.953 bits per heavy atom. The van der Waals surface area contributed by atoms with E-state index in [1.54, 1.807) is 12.5 Å². The van der Waals surface area contributed by atoms with Crippen LogP contribution in [0.5, 0.6) is 0 Å². The fourth-order valence-corrected chi connectivity index (χ4v) is 5.95. The quantitative estimate of drug-likeness (QED) is 0.254. The highest BCUT2D eigenvalue weighted by Crippen LogP contribution is 2.34. The molecule has 7 rings (SSSR count). The molecule has 3 aromatic carbocycles. The number of aryl methyl sites for hydroxylation is 1. The van der Waals surface area contributed by atoms with Gasteiger partial charge in [0.2, 0.25) is 0 Å². The molecule has 43 heavy (non-hydrogen) atoms. The first-order valence-corrected chi connectivity index (χ1v) is 14.7. The van der Waals surface area contributed by atoms with Crippen molar-refractivity contribution in [3.8, 4) is 11.3 Å². The number of fused-ring (bicyclic) bond motifs is 2. The highest BCUT2D eigenvalue weighted by molar-refractivity contribution is 5.98. The van der Waals surface area contributed by atoms with Gasteiger partial charge in [-0.2, -0.15) is 0 Å². The number of nitrogens with one attached hydrogen (secondary N) is 2. The third-order valence-corrected chi connectivity index (χ3v) is 8.15. The Morgan fingerprint density at radius 2 is 1.77 bits per heavy atom. The predicted molar refractivity (Wildman–Crippen MR) is 167 cm³/mol. The number of aromatic amines is 1. The number of aromatic nitrogens is 6. The summed E-state index contributed by atoms with van der Waals surface area (Å²) in [6.45, 7) is 2.85. The number of imidazole rings is 2. The number of benzene rings is 3. The zero-order chi connectivity index (χ0) is 29.2. The highest BCUT2D eigenvalue weighted by atomic mass is 16.2. The van der Waals surface area contributed by atoms with Gasteiger partial charge in [0.1, 0.15) is 5.69 Å². The third-order valence-electron chi connectivity index (χ3n) is 8.15. The molecule has 1 aliphatic heterocycles. The molecular weight excluding hydrogens is 540 g/mol. The Bertz CT molecular complexity index is 1940. The molecule has 3 aromatic heterocycles. The normalized spacial score (nSPS) is 14.0. The molecule has 0 radical (unpaired) electrons. The SMILES string of the molecule is O=C(NCCCn1ccnc1)c1ccc2nc(N3CCC(n4c(=O)[nH]c5ccccc54)CC3)c(-c3ccccc3)nc2c1. The van der Waals surface area contributed by atoms with Crippen LogP contribution in [0.1, 0.15) is 35.7 Å². The van der Waals surface area contributed by atoms with Crippen molar-refractivity contribution in [2.75, 3.05) is 24.5 Å². The van der Waals surface area contributed by atoms with E-state index in [0.29, 0.717) is 17.6 Å². The Labute approximate surface area is 248 Å². The first-order chi connectivity index (χ1) is 21.1. The van der Waals surface area contributed by atoms with Gasteiger partial charge in [-0.1, -0.05) is 42.5 Å². The maximum absolute atomic E-state index is 12.9. The van der Waals surface area contributed by atoms with E-state index >= 15 is 0 Å². The van der Waals surface area contributed by atoms with Crippen molar-refractivity contribution in [1.29, 1.82) is 0 Å². The van der Waals surface area contributed by atoms with E-state index in [1.165, 1.54) is 0 Å². The van der Waals surface area contributed by atoms with Crippen molar-refractivity contribution in [1.82, 2.24) is 34.4 Å². The van der Waals surface area contributed by atoms with Gasteiger partial charge in [-0.15, -0.1) is 0 Å². The van der Waals surface area contributed by atoms with E-state index < -0.39 is 0 Å². The largest absolute Gasteiger partial charge is 0.355 e. The van der Waals surface area contributed by atoms with E-state index in [1.807, 2.05) is 88.1 Å². The van der Waals surface area contributed by atoms with E-state index in [2.05, 4.69) is 20.2 Å². The summed E-state index contributed by atoms with van der Waals surface area (Å²) in [4.78, 5) is 45.2. The molecule has 1 saturated heterocycles. The molecule has 1 fully saturated rings. The average Bonchev–Trinajstić information content (AvgIpc) is 3.69. The summed E-state index contributed by atoms with van der Waals surface area (Å²) < 4.78 is 3.90. The summed E-state index contributed by atoms with van der Waals surface area (Å²) in [5, 5.41) is 3.01. The molecule has 1 amide bonds. The second-order valence-electron chi connectivity index (χ2n) is 10.9. The number of piperidine rings is 1. The van der Waals surface area contributed by atoms with E-state index in [-0.39, 0.29) is 17.6 Å². The second kappa shape index (κ2) is 11.6. The van der Waals surface area contributed by atoms with Gasteiger partial charge in [0, 0.05) is 55.7 Å². The molecule has 216 valence electrons. The smallest absolute Gasteiger partial charge is 0.326 e. The van der Waals surface area contributed by atoms with Crippen LogP contribution in [-0.2, 0) is 6.54 Å². The van der Waals surface area contributed by atoms with Crippen LogP contribution in [0.15, 0.2) is 96.3 Å². The van der Waals surface area contributed by atoms with Crippen molar-refractivity contribution < 1.29 is 4.79 Å². The highest BCUT2D eigenvalue weighted by Gasteiger charge is 2.27. The number of H-pyrrole nitrogens is 1. The summed E-state index contributed by atoms with van der Waals surface area (Å²) in [7, 11) is 0. The van der Waals surface area contributed by atoms with Gasteiger partial charge in [0.05, 0.1) is 28.4 Å². The van der Waals surface area contributed by atoms with Gasteiger partial charge in [-0.25, -0.2) is 19.7 Å². The van der Waals surface area contributed by atoms with Crippen LogP contribution >= 0.6 is 0 Å². The van der Waals surface area contributed by atoms with Crippen LogP contribution in [0.25, 0.3) is 33.3 Å². The molecule has 0 unspecified atom stereocenters. The van der Waals surface area contributed by atoms with Gasteiger partial charge in [-0.05, 0) is 49.6 Å². The lowest BCUT2D eigenvalue weighted by molar-refractivity contribution is 0.0953. The number of hydrogen-bond donors (Lipinski definition) is 2. The molecule has 6 aromatic rings. The number of para-hydroxylation sites is 2. The Balaban J connectivity index is 1.13. The molecule has 0 bridgehead atoms. The number of amides is 1. The fraction of sp³-hybridized carbons (Fsp3) is 0.242. The van der Waals surface area contributed by atoms with Crippen molar-refractivity contribution in [3.63, 3.8) is 0 Å². The monoisotopic (exact) mass is 572 g/mol. The zero-order valence-electron chi connectivity index (χ0n) is 23.7. The number of anilines is 1. The lowest BCUT2D eigenvalue weighted by atomic mass is 10.0. The minimum atomic E-state index is -0.130. The number of carbonyl (C=O) groups is 1. The average molecular weight is 573 g/mol. The van der Waals surface area contributed by atoms with Crippen LogP contribution in [0.3, 0.4) is 0 Å². The van der Waals surface area contributed by atoms with Gasteiger partial charge in [-0.3, -0.25) is 9.36 Å². The third kappa shape index (κ3) is 5.39. The van der Waals surface area contributed by atoms with Gasteiger partial charge < -0.3 is 19.8 Å². The summed E-state index contributed by atoms with van der Waals surface area (Å²) in [6, 6.07) is 23.5. The van der Waals surface area contributed by atoms with Crippen LogP contribution in [0, 0.1) is 0 Å². The number of hydrogen-bond acceptors (Lipinski definition) is 6. The molecule has 0 saturated carbocycles. The minimum absolute atomic E-state index is 0.0619. The molecule has 0 atom stereocenters. The first-order valence-electron chi connectivity index (χ1n) is 14.7. The Kier molecular flexibility index (Phi) is 7.16. The summed E-state index contributed by atoms with van der Waals surface area (Å²) in [5.74, 6) is 0.689. The van der Waals surface area contributed by atoms with E-state index in [4.69, 9.17) is 9.97 Å². The summed E-state index contributed by atoms with van der Waals surface area (Å²) in [6.07, 6.45) is 7.87. The molecule has 1 aliphatic rings. The topological polar surface area (TPSA) is 114 Å². The first kappa shape index (κ1) is 26.6. The van der Waals surface area contributed by atoms with Crippen LogP contribution in [0.4, 0.5) is 5.82 Å². The Morgan fingerprint density at radius 3 is 2.58 bits per heavy atom. The number of rotatable bonds is 8. The minimum Gasteiger partial charge on any atom is -0.355 e. The van der Waals surface area contributed by atoms with Gasteiger partial charge >= 0.3 is 5.69 Å². The summed E-state index contributed by atoms with van der Waals surface area (Å²) >= 11 is 0. The molecule has 10 heteroatoms. The standard InChI is InChI=1S/C33H32N8O2/c42-32(35-15-6-17-39-20-16-34-22-39)24-11-12-26-28(21-24)36-30(23-7-2-1-3-8-23)31(37-26)40-18-13-25(14-19-40)41-29-10-5-4-9-27(29)38-33(41)43/h1-5,7-12,16,20-22,25H,6,13-15,17-19H2,(H,35,42)(H,38,43). The van der Waals surface area contributed by atoms with Crippen LogP contribution in [0.2, 0.25) is 0 Å². The molecule has 0 spiro atoms. The molecule has 4 heterocycles. The van der Waals surface area contributed by atoms with E-state index in [9.17, 15) is 9.59 Å². The van der Waals surface area contributed by atoms with Crippen molar-refractivity contribution in [3.05, 3.63) is 108 Å². The molecule has 10 nitrogen and oxygen atoms in total. The van der Waals surface area contributed by atoms with Gasteiger partial charge in [0.25, 0.3) is 5.91 Å². The zero-order valence-corrected chi connectivity index (χ0v) is 23.7. The molecule has 2 N–H and O–H groups in total.